The van der Waals surface area contributed by atoms with Gasteiger partial charge in [0.05, 0.1) is 7.11 Å². The van der Waals surface area contributed by atoms with Crippen LogP contribution in [0.2, 0.25) is 0 Å². The van der Waals surface area contributed by atoms with Gasteiger partial charge in [-0.2, -0.15) is 0 Å². The molecule has 0 spiro atoms. The number of ether oxygens (including phenoxy) is 2. The third-order valence-electron chi connectivity index (χ3n) is 4.71. The van der Waals surface area contributed by atoms with E-state index in [0.29, 0.717) is 25.3 Å². The molecule has 0 aliphatic heterocycles. The van der Waals surface area contributed by atoms with E-state index in [1.165, 1.54) is 12.8 Å². The van der Waals surface area contributed by atoms with Gasteiger partial charge in [-0.15, -0.1) is 0 Å². The largest absolute Gasteiger partial charge is 0.497 e. The summed E-state index contributed by atoms with van der Waals surface area (Å²) in [5, 5.41) is 2.97. The van der Waals surface area contributed by atoms with Crippen LogP contribution in [0, 0.1) is 0 Å². The molecule has 138 valence electrons. The predicted molar refractivity (Wildman–Crippen MR) is 100 cm³/mol. The molecule has 0 radical (unpaired) electrons. The van der Waals surface area contributed by atoms with E-state index in [2.05, 4.69) is 10.3 Å². The first-order valence-electron chi connectivity index (χ1n) is 9.25. The molecule has 0 saturated heterocycles. The molecule has 1 heterocycles. The van der Waals surface area contributed by atoms with Crippen LogP contribution in [0.25, 0.3) is 0 Å². The van der Waals surface area contributed by atoms with Crippen LogP contribution in [0.4, 0.5) is 0 Å². The zero-order valence-electron chi connectivity index (χ0n) is 15.2. The Morgan fingerprint density at radius 1 is 1.19 bits per heavy atom. The number of pyridine rings is 1. The molecule has 1 saturated carbocycles. The summed E-state index contributed by atoms with van der Waals surface area (Å²) in [5.41, 5.74) is 2.05. The van der Waals surface area contributed by atoms with Crippen LogP contribution in [0.3, 0.4) is 0 Å². The van der Waals surface area contributed by atoms with Gasteiger partial charge in [-0.05, 0) is 55.9 Å². The van der Waals surface area contributed by atoms with Crippen molar-refractivity contribution in [3.8, 4) is 11.6 Å². The average Bonchev–Trinajstić information content (AvgIpc) is 3.19. The predicted octanol–water partition coefficient (Wildman–Crippen LogP) is 3.66. The first kappa shape index (κ1) is 18.2. The second-order valence-electron chi connectivity index (χ2n) is 6.62. The van der Waals surface area contributed by atoms with Gasteiger partial charge in [-0.25, -0.2) is 4.98 Å². The Morgan fingerprint density at radius 2 is 1.96 bits per heavy atom. The van der Waals surface area contributed by atoms with Crippen molar-refractivity contribution in [1.29, 1.82) is 0 Å². The Bertz CT molecular complexity index is 709. The molecule has 1 amide bonds. The molecule has 5 heteroatoms. The third-order valence-corrected chi connectivity index (χ3v) is 4.71. The molecular formula is C21H26N2O3. The SMILES string of the molecule is COc1ccc(CCC(=O)NCc2cccnc2OC2CCCC2)cc1. The lowest BCUT2D eigenvalue weighted by Gasteiger charge is -2.15. The number of aromatic nitrogens is 1. The fraction of sp³-hybridized carbons (Fsp3) is 0.429. The highest BCUT2D eigenvalue weighted by Crippen LogP contribution is 2.25. The van der Waals surface area contributed by atoms with E-state index in [0.717, 1.165) is 29.7 Å². The number of hydrogen-bond acceptors (Lipinski definition) is 4. The quantitative estimate of drug-likeness (QED) is 0.786. The van der Waals surface area contributed by atoms with E-state index in [9.17, 15) is 4.79 Å². The van der Waals surface area contributed by atoms with Crippen molar-refractivity contribution >= 4 is 5.91 Å². The fourth-order valence-corrected chi connectivity index (χ4v) is 3.16. The summed E-state index contributed by atoms with van der Waals surface area (Å²) in [6.07, 6.45) is 7.76. The number of benzene rings is 1. The zero-order chi connectivity index (χ0) is 18.2. The molecule has 5 nitrogen and oxygen atoms in total. The number of nitrogens with one attached hydrogen (secondary N) is 1. The molecule has 1 aliphatic carbocycles. The Morgan fingerprint density at radius 3 is 2.69 bits per heavy atom. The van der Waals surface area contributed by atoms with Crippen molar-refractivity contribution in [2.75, 3.05) is 7.11 Å². The smallest absolute Gasteiger partial charge is 0.220 e. The lowest BCUT2D eigenvalue weighted by Crippen LogP contribution is -2.24. The van der Waals surface area contributed by atoms with E-state index >= 15 is 0 Å². The number of nitrogens with zero attached hydrogens (tertiary/aromatic N) is 1. The number of amides is 1. The molecule has 1 fully saturated rings. The van der Waals surface area contributed by atoms with Crippen molar-refractivity contribution < 1.29 is 14.3 Å². The molecule has 1 aromatic heterocycles. The monoisotopic (exact) mass is 354 g/mol. The summed E-state index contributed by atoms with van der Waals surface area (Å²) < 4.78 is 11.2. The summed E-state index contributed by atoms with van der Waals surface area (Å²) in [6, 6.07) is 11.6. The maximum atomic E-state index is 12.2. The number of carbonyl (C=O) groups excluding carboxylic acids is 1. The maximum Gasteiger partial charge on any atom is 0.220 e. The van der Waals surface area contributed by atoms with Crippen LogP contribution in [0.15, 0.2) is 42.6 Å². The van der Waals surface area contributed by atoms with Crippen LogP contribution in [0.1, 0.15) is 43.2 Å². The van der Waals surface area contributed by atoms with Crippen molar-refractivity contribution in [3.05, 3.63) is 53.7 Å². The second-order valence-corrected chi connectivity index (χ2v) is 6.62. The molecule has 1 aliphatic rings. The van der Waals surface area contributed by atoms with E-state index in [4.69, 9.17) is 9.47 Å². The molecule has 0 bridgehead atoms. The Balaban J connectivity index is 1.47. The van der Waals surface area contributed by atoms with Gasteiger partial charge in [0, 0.05) is 24.7 Å². The topological polar surface area (TPSA) is 60.5 Å². The van der Waals surface area contributed by atoms with E-state index < -0.39 is 0 Å². The minimum atomic E-state index is 0.0245. The van der Waals surface area contributed by atoms with Crippen molar-refractivity contribution in [2.24, 2.45) is 0 Å². The number of hydrogen-bond donors (Lipinski definition) is 1. The number of methoxy groups -OCH3 is 1. The highest BCUT2D eigenvalue weighted by molar-refractivity contribution is 5.76. The highest BCUT2D eigenvalue weighted by atomic mass is 16.5. The Hall–Kier alpha value is -2.56. The summed E-state index contributed by atoms with van der Waals surface area (Å²) >= 11 is 0. The van der Waals surface area contributed by atoms with E-state index in [-0.39, 0.29) is 12.0 Å². The van der Waals surface area contributed by atoms with Gasteiger partial charge >= 0.3 is 0 Å². The lowest BCUT2D eigenvalue weighted by atomic mass is 10.1. The molecule has 1 N–H and O–H groups in total. The summed E-state index contributed by atoms with van der Waals surface area (Å²) in [7, 11) is 1.64. The van der Waals surface area contributed by atoms with Gasteiger partial charge in [0.1, 0.15) is 11.9 Å². The number of carbonyl (C=O) groups is 1. The summed E-state index contributed by atoms with van der Waals surface area (Å²) in [4.78, 5) is 16.5. The van der Waals surface area contributed by atoms with Crippen LogP contribution in [-0.2, 0) is 17.8 Å². The fourth-order valence-electron chi connectivity index (χ4n) is 3.16. The molecule has 2 aromatic rings. The van der Waals surface area contributed by atoms with Crippen molar-refractivity contribution in [1.82, 2.24) is 10.3 Å². The molecular weight excluding hydrogens is 328 g/mol. The molecule has 0 unspecified atom stereocenters. The van der Waals surface area contributed by atoms with Crippen LogP contribution in [-0.4, -0.2) is 24.1 Å². The Kier molecular flexibility index (Phi) is 6.47. The van der Waals surface area contributed by atoms with Gasteiger partial charge in [-0.3, -0.25) is 4.79 Å². The van der Waals surface area contributed by atoms with Crippen LogP contribution >= 0.6 is 0 Å². The van der Waals surface area contributed by atoms with Gasteiger partial charge in [0.25, 0.3) is 0 Å². The van der Waals surface area contributed by atoms with Gasteiger partial charge < -0.3 is 14.8 Å². The summed E-state index contributed by atoms with van der Waals surface area (Å²) in [6.45, 7) is 0.442. The number of aryl methyl sites for hydroxylation is 1. The van der Waals surface area contributed by atoms with Gasteiger partial charge in [0.2, 0.25) is 11.8 Å². The van der Waals surface area contributed by atoms with E-state index in [1.54, 1.807) is 13.3 Å². The minimum Gasteiger partial charge on any atom is -0.497 e. The first-order chi connectivity index (χ1) is 12.7. The third kappa shape index (κ3) is 5.22. The molecule has 1 aromatic carbocycles. The van der Waals surface area contributed by atoms with Crippen LogP contribution in [0.5, 0.6) is 11.6 Å². The Labute approximate surface area is 154 Å². The average molecular weight is 354 g/mol. The molecule has 26 heavy (non-hydrogen) atoms. The van der Waals surface area contributed by atoms with E-state index in [1.807, 2.05) is 36.4 Å². The van der Waals surface area contributed by atoms with Crippen molar-refractivity contribution in [3.63, 3.8) is 0 Å². The van der Waals surface area contributed by atoms with Crippen LogP contribution < -0.4 is 14.8 Å². The van der Waals surface area contributed by atoms with Gasteiger partial charge in [0.15, 0.2) is 0 Å². The first-order valence-corrected chi connectivity index (χ1v) is 9.25. The number of rotatable bonds is 8. The molecule has 3 rings (SSSR count). The molecule has 0 atom stereocenters. The van der Waals surface area contributed by atoms with Gasteiger partial charge in [-0.1, -0.05) is 18.2 Å². The van der Waals surface area contributed by atoms with Crippen molar-refractivity contribution in [2.45, 2.75) is 51.2 Å². The standard InChI is InChI=1S/C21H26N2O3/c1-25-18-11-8-16(9-12-18)10-13-20(24)23-15-17-5-4-14-22-21(17)26-19-6-2-3-7-19/h4-5,8-9,11-12,14,19H,2-3,6-7,10,13,15H2,1H3,(H,23,24). The highest BCUT2D eigenvalue weighted by Gasteiger charge is 2.18. The lowest BCUT2D eigenvalue weighted by molar-refractivity contribution is -0.121. The normalized spacial score (nSPS) is 14.2. The second kappa shape index (κ2) is 9.22. The maximum absolute atomic E-state index is 12.2. The zero-order valence-corrected chi connectivity index (χ0v) is 15.2. The summed E-state index contributed by atoms with van der Waals surface area (Å²) in [5.74, 6) is 1.50. The minimum absolute atomic E-state index is 0.0245.